The molecular weight excluding hydrogens is 272 g/mol. The average molecular weight is 297 g/mol. The number of piperidine rings is 1. The molecule has 0 bridgehead atoms. The quantitative estimate of drug-likeness (QED) is 0.867. The molecule has 2 heterocycles. The number of rotatable bonds is 4. The Morgan fingerprint density at radius 3 is 2.55 bits per heavy atom. The molecule has 0 unspecified atom stereocenters. The van der Waals surface area contributed by atoms with Gasteiger partial charge in [-0.05, 0) is 45.3 Å². The molecule has 0 amide bonds. The van der Waals surface area contributed by atoms with Crippen LogP contribution in [-0.4, -0.2) is 41.5 Å². The summed E-state index contributed by atoms with van der Waals surface area (Å²) in [6.45, 7) is 9.65. The van der Waals surface area contributed by atoms with Gasteiger partial charge in [-0.2, -0.15) is 0 Å². The highest BCUT2D eigenvalue weighted by atomic mass is 35.5. The van der Waals surface area contributed by atoms with Crippen molar-refractivity contribution in [3.63, 3.8) is 0 Å². The van der Waals surface area contributed by atoms with E-state index in [0.717, 1.165) is 30.2 Å². The summed E-state index contributed by atoms with van der Waals surface area (Å²) in [5.41, 5.74) is 1.28. The van der Waals surface area contributed by atoms with E-state index in [9.17, 15) is 0 Å². The Hall–Kier alpha value is -0.870. The van der Waals surface area contributed by atoms with Crippen molar-refractivity contribution in [3.05, 3.63) is 16.5 Å². The van der Waals surface area contributed by atoms with Gasteiger partial charge in [-0.1, -0.05) is 25.4 Å². The third-order valence-electron chi connectivity index (χ3n) is 4.33. The molecule has 1 N–H and O–H groups in total. The van der Waals surface area contributed by atoms with Crippen LogP contribution in [0.25, 0.3) is 0 Å². The van der Waals surface area contributed by atoms with Crippen LogP contribution in [0.15, 0.2) is 0 Å². The topological polar surface area (TPSA) is 41.1 Å². The van der Waals surface area contributed by atoms with Crippen molar-refractivity contribution in [1.29, 1.82) is 0 Å². The summed E-state index contributed by atoms with van der Waals surface area (Å²) in [4.78, 5) is 11.2. The van der Waals surface area contributed by atoms with Crippen molar-refractivity contribution >= 4 is 17.4 Å². The molecule has 4 nitrogen and oxygen atoms in total. The molecule has 1 aliphatic rings. The van der Waals surface area contributed by atoms with Crippen LogP contribution in [0.5, 0.6) is 0 Å². The SMILES string of the molecule is CCc1nc(Cl)c(C)c(NCC2(C)CCN(C)CC2)n1. The molecule has 1 fully saturated rings. The summed E-state index contributed by atoms with van der Waals surface area (Å²) in [5, 5.41) is 4.06. The first-order valence-electron chi connectivity index (χ1n) is 7.39. The van der Waals surface area contributed by atoms with Gasteiger partial charge in [0.15, 0.2) is 0 Å². The lowest BCUT2D eigenvalue weighted by atomic mass is 9.80. The summed E-state index contributed by atoms with van der Waals surface area (Å²) in [7, 11) is 2.19. The van der Waals surface area contributed by atoms with Crippen LogP contribution >= 0.6 is 11.6 Å². The lowest BCUT2D eigenvalue weighted by molar-refractivity contribution is 0.150. The maximum atomic E-state index is 6.18. The van der Waals surface area contributed by atoms with Gasteiger partial charge in [-0.3, -0.25) is 0 Å². The van der Waals surface area contributed by atoms with Crippen molar-refractivity contribution in [2.75, 3.05) is 32.0 Å². The molecule has 1 saturated heterocycles. The molecule has 0 radical (unpaired) electrons. The predicted molar refractivity (Wildman–Crippen MR) is 84.5 cm³/mol. The van der Waals surface area contributed by atoms with E-state index in [1.54, 1.807) is 0 Å². The Balaban J connectivity index is 2.05. The van der Waals surface area contributed by atoms with Gasteiger partial charge in [0.2, 0.25) is 0 Å². The smallest absolute Gasteiger partial charge is 0.137 e. The average Bonchev–Trinajstić information content (AvgIpc) is 2.44. The highest BCUT2D eigenvalue weighted by Crippen LogP contribution is 2.31. The molecule has 0 spiro atoms. The molecule has 1 aromatic heterocycles. The molecule has 1 aliphatic heterocycles. The van der Waals surface area contributed by atoms with E-state index in [2.05, 4.69) is 34.2 Å². The lowest BCUT2D eigenvalue weighted by Crippen LogP contribution is -2.40. The molecule has 1 aromatic rings. The molecule has 5 heteroatoms. The van der Waals surface area contributed by atoms with Gasteiger partial charge in [0.1, 0.15) is 16.8 Å². The fraction of sp³-hybridized carbons (Fsp3) is 0.733. The largest absolute Gasteiger partial charge is 0.369 e. The molecule has 0 atom stereocenters. The van der Waals surface area contributed by atoms with E-state index in [-0.39, 0.29) is 0 Å². The fourth-order valence-corrected chi connectivity index (χ4v) is 2.68. The Labute approximate surface area is 126 Å². The molecule has 112 valence electrons. The summed E-state index contributed by atoms with van der Waals surface area (Å²) >= 11 is 6.18. The molecule has 2 rings (SSSR count). The fourth-order valence-electron chi connectivity index (χ4n) is 2.50. The number of hydrogen-bond donors (Lipinski definition) is 1. The van der Waals surface area contributed by atoms with Crippen LogP contribution in [-0.2, 0) is 6.42 Å². The number of hydrogen-bond acceptors (Lipinski definition) is 4. The Morgan fingerprint density at radius 2 is 1.95 bits per heavy atom. The van der Waals surface area contributed by atoms with Crippen LogP contribution in [0.4, 0.5) is 5.82 Å². The number of likely N-dealkylation sites (tertiary alicyclic amines) is 1. The van der Waals surface area contributed by atoms with Crippen LogP contribution in [0.2, 0.25) is 5.15 Å². The summed E-state index contributed by atoms with van der Waals surface area (Å²) in [6, 6.07) is 0. The molecular formula is C15H25ClN4. The van der Waals surface area contributed by atoms with Gasteiger partial charge in [0.25, 0.3) is 0 Å². The predicted octanol–water partition coefficient (Wildman–Crippen LogP) is 3.14. The van der Waals surface area contributed by atoms with E-state index in [0.29, 0.717) is 10.6 Å². The monoisotopic (exact) mass is 296 g/mol. The summed E-state index contributed by atoms with van der Waals surface area (Å²) < 4.78 is 0. The van der Waals surface area contributed by atoms with Gasteiger partial charge < -0.3 is 10.2 Å². The maximum Gasteiger partial charge on any atom is 0.137 e. The first-order chi connectivity index (χ1) is 9.43. The first-order valence-corrected chi connectivity index (χ1v) is 7.77. The van der Waals surface area contributed by atoms with E-state index in [1.807, 2.05) is 13.8 Å². The number of halogens is 1. The van der Waals surface area contributed by atoms with Crippen LogP contribution < -0.4 is 5.32 Å². The van der Waals surface area contributed by atoms with Gasteiger partial charge in [0.05, 0.1) is 0 Å². The van der Waals surface area contributed by atoms with E-state index < -0.39 is 0 Å². The van der Waals surface area contributed by atoms with Crippen molar-refractivity contribution in [2.24, 2.45) is 5.41 Å². The minimum Gasteiger partial charge on any atom is -0.369 e. The summed E-state index contributed by atoms with van der Waals surface area (Å²) in [5.74, 6) is 1.69. The minimum atomic E-state index is 0.336. The van der Waals surface area contributed by atoms with Gasteiger partial charge in [-0.25, -0.2) is 9.97 Å². The molecule has 0 aromatic carbocycles. The van der Waals surface area contributed by atoms with Crippen molar-refractivity contribution in [1.82, 2.24) is 14.9 Å². The zero-order valence-corrected chi connectivity index (χ0v) is 13.7. The highest BCUT2D eigenvalue weighted by molar-refractivity contribution is 6.30. The van der Waals surface area contributed by atoms with E-state index >= 15 is 0 Å². The third kappa shape index (κ3) is 3.61. The van der Waals surface area contributed by atoms with Crippen LogP contribution in [0, 0.1) is 12.3 Å². The number of aryl methyl sites for hydroxylation is 1. The van der Waals surface area contributed by atoms with Crippen molar-refractivity contribution in [3.8, 4) is 0 Å². The lowest BCUT2D eigenvalue weighted by Gasteiger charge is -2.38. The minimum absolute atomic E-state index is 0.336. The summed E-state index contributed by atoms with van der Waals surface area (Å²) in [6.07, 6.45) is 3.24. The van der Waals surface area contributed by atoms with Gasteiger partial charge in [0, 0.05) is 18.5 Å². The zero-order valence-electron chi connectivity index (χ0n) is 13.0. The van der Waals surface area contributed by atoms with Crippen molar-refractivity contribution < 1.29 is 0 Å². The standard InChI is InChI=1S/C15H25ClN4/c1-5-12-18-13(16)11(2)14(19-12)17-10-15(3)6-8-20(4)9-7-15/h5-10H2,1-4H3,(H,17,18,19). The maximum absolute atomic E-state index is 6.18. The van der Waals surface area contributed by atoms with E-state index in [4.69, 9.17) is 11.6 Å². The van der Waals surface area contributed by atoms with E-state index in [1.165, 1.54) is 25.9 Å². The van der Waals surface area contributed by atoms with Gasteiger partial charge in [-0.15, -0.1) is 0 Å². The normalized spacial score (nSPS) is 19.1. The van der Waals surface area contributed by atoms with Gasteiger partial charge >= 0.3 is 0 Å². The Morgan fingerprint density at radius 1 is 1.30 bits per heavy atom. The van der Waals surface area contributed by atoms with Crippen LogP contribution in [0.3, 0.4) is 0 Å². The number of nitrogens with zero attached hydrogens (tertiary/aromatic N) is 3. The molecule has 0 saturated carbocycles. The Kier molecular flexibility index (Phi) is 4.86. The van der Waals surface area contributed by atoms with Crippen LogP contribution in [0.1, 0.15) is 38.1 Å². The number of nitrogens with one attached hydrogen (secondary N) is 1. The molecule has 0 aliphatic carbocycles. The number of aromatic nitrogens is 2. The molecule has 20 heavy (non-hydrogen) atoms. The van der Waals surface area contributed by atoms with Crippen molar-refractivity contribution in [2.45, 2.75) is 40.0 Å². The third-order valence-corrected chi connectivity index (χ3v) is 4.69. The zero-order chi connectivity index (χ0) is 14.8. The second-order valence-corrected chi connectivity index (χ2v) is 6.58. The second-order valence-electron chi connectivity index (χ2n) is 6.23. The highest BCUT2D eigenvalue weighted by Gasteiger charge is 2.28. The second kappa shape index (κ2) is 6.27. The number of anilines is 1. The Bertz CT molecular complexity index is 467. The first kappa shape index (κ1) is 15.5.